The molecule has 108 valence electrons. The van der Waals surface area contributed by atoms with Crippen LogP contribution in [0.1, 0.15) is 6.42 Å². The summed E-state index contributed by atoms with van der Waals surface area (Å²) < 4.78 is 19.7. The zero-order chi connectivity index (χ0) is 14.7. The van der Waals surface area contributed by atoms with Gasteiger partial charge in [0.2, 0.25) is 11.8 Å². The summed E-state index contributed by atoms with van der Waals surface area (Å²) in [6.45, 7) is 0. The highest BCUT2D eigenvalue weighted by Gasteiger charge is 2.10. The Labute approximate surface area is 120 Å². The fourth-order valence-corrected chi connectivity index (χ4v) is 1.83. The Morgan fingerprint density at radius 3 is 3.00 bits per heavy atom. The quantitative estimate of drug-likeness (QED) is 0.922. The number of aromatic nitrogens is 5. The van der Waals surface area contributed by atoms with E-state index in [9.17, 15) is 4.39 Å². The molecule has 21 heavy (non-hydrogen) atoms. The van der Waals surface area contributed by atoms with Gasteiger partial charge in [0.25, 0.3) is 0 Å². The number of hydrogen-bond acceptors (Lipinski definition) is 6. The summed E-state index contributed by atoms with van der Waals surface area (Å²) >= 11 is 0. The summed E-state index contributed by atoms with van der Waals surface area (Å²) in [6.07, 6.45) is 7.23. The molecule has 0 saturated carbocycles. The summed E-state index contributed by atoms with van der Waals surface area (Å²) in [5.74, 6) is 1.25. The van der Waals surface area contributed by atoms with Crippen molar-refractivity contribution in [3.05, 3.63) is 42.6 Å². The van der Waals surface area contributed by atoms with Crippen LogP contribution in [0.3, 0.4) is 0 Å². The molecule has 0 aliphatic heterocycles. The number of methoxy groups -OCH3 is 1. The second kappa shape index (κ2) is 5.70. The lowest BCUT2D eigenvalue weighted by atomic mass is 10.1. The van der Waals surface area contributed by atoms with Crippen molar-refractivity contribution >= 4 is 5.95 Å². The number of allylic oxidation sites excluding steroid dienone is 3. The molecule has 2 aromatic rings. The third kappa shape index (κ3) is 3.04. The highest BCUT2D eigenvalue weighted by atomic mass is 19.1. The number of halogens is 1. The van der Waals surface area contributed by atoms with Crippen LogP contribution in [0.2, 0.25) is 0 Å². The Morgan fingerprint density at radius 2 is 2.33 bits per heavy atom. The van der Waals surface area contributed by atoms with Crippen LogP contribution >= 0.6 is 0 Å². The Balaban J connectivity index is 1.88. The monoisotopic (exact) mass is 288 g/mol. The van der Waals surface area contributed by atoms with Crippen LogP contribution in [0.25, 0.3) is 5.82 Å². The van der Waals surface area contributed by atoms with Crippen molar-refractivity contribution in [1.82, 2.24) is 24.7 Å². The summed E-state index contributed by atoms with van der Waals surface area (Å²) in [5, 5.41) is 7.04. The van der Waals surface area contributed by atoms with Crippen molar-refractivity contribution in [3.8, 4) is 11.7 Å². The van der Waals surface area contributed by atoms with E-state index in [4.69, 9.17) is 4.74 Å². The van der Waals surface area contributed by atoms with Crippen LogP contribution in [0.5, 0.6) is 5.88 Å². The minimum atomic E-state index is -0.938. The highest BCUT2D eigenvalue weighted by Crippen LogP contribution is 2.18. The summed E-state index contributed by atoms with van der Waals surface area (Å²) in [4.78, 5) is 12.4. The van der Waals surface area contributed by atoms with E-state index in [1.807, 2.05) is 0 Å². The highest BCUT2D eigenvalue weighted by molar-refractivity contribution is 5.45. The van der Waals surface area contributed by atoms with Crippen LogP contribution in [0.15, 0.2) is 42.6 Å². The number of hydrogen-bond donors (Lipinski definition) is 1. The van der Waals surface area contributed by atoms with Crippen molar-refractivity contribution in [2.75, 3.05) is 12.4 Å². The molecular formula is C13H13FN6O. The molecule has 0 aromatic carbocycles. The fraction of sp³-hybridized carbons (Fsp3) is 0.231. The molecule has 7 nitrogen and oxygen atoms in total. The molecule has 8 heteroatoms. The maximum atomic E-state index is 13.0. The SMILES string of the molecule is COc1cc(-n2cncn2)nc(NC2=CCC(F)C=C2)n1. The van der Waals surface area contributed by atoms with Gasteiger partial charge in [-0.1, -0.05) is 6.08 Å². The first-order valence-electron chi connectivity index (χ1n) is 6.32. The second-order valence-corrected chi connectivity index (χ2v) is 4.33. The molecular weight excluding hydrogens is 275 g/mol. The van der Waals surface area contributed by atoms with Crippen molar-refractivity contribution in [3.63, 3.8) is 0 Å². The third-order valence-electron chi connectivity index (χ3n) is 2.86. The van der Waals surface area contributed by atoms with E-state index in [0.717, 1.165) is 5.70 Å². The summed E-state index contributed by atoms with van der Waals surface area (Å²) in [6, 6.07) is 1.64. The van der Waals surface area contributed by atoms with Crippen LogP contribution < -0.4 is 10.1 Å². The number of nitrogens with zero attached hydrogens (tertiary/aromatic N) is 5. The average Bonchev–Trinajstić information content (AvgIpc) is 3.04. The number of alkyl halides is 1. The second-order valence-electron chi connectivity index (χ2n) is 4.33. The van der Waals surface area contributed by atoms with E-state index in [-0.39, 0.29) is 0 Å². The first-order valence-corrected chi connectivity index (χ1v) is 6.32. The lowest BCUT2D eigenvalue weighted by Gasteiger charge is -2.12. The van der Waals surface area contributed by atoms with Crippen LogP contribution in [-0.2, 0) is 0 Å². The maximum absolute atomic E-state index is 13.0. The van der Waals surface area contributed by atoms with E-state index in [1.165, 1.54) is 30.5 Å². The molecule has 2 aromatic heterocycles. The van der Waals surface area contributed by atoms with Crippen molar-refractivity contribution < 1.29 is 9.13 Å². The molecule has 0 bridgehead atoms. The van der Waals surface area contributed by atoms with Gasteiger partial charge in [-0.3, -0.25) is 0 Å². The average molecular weight is 288 g/mol. The van der Waals surface area contributed by atoms with Crippen molar-refractivity contribution in [2.45, 2.75) is 12.6 Å². The van der Waals surface area contributed by atoms with Gasteiger partial charge in [-0.25, -0.2) is 14.1 Å². The molecule has 0 fully saturated rings. The van der Waals surface area contributed by atoms with Gasteiger partial charge in [-0.2, -0.15) is 15.1 Å². The van der Waals surface area contributed by atoms with Gasteiger partial charge >= 0.3 is 0 Å². The number of anilines is 1. The molecule has 1 unspecified atom stereocenters. The zero-order valence-corrected chi connectivity index (χ0v) is 11.3. The van der Waals surface area contributed by atoms with E-state index < -0.39 is 6.17 Å². The summed E-state index contributed by atoms with van der Waals surface area (Å²) in [7, 11) is 1.52. The maximum Gasteiger partial charge on any atom is 0.232 e. The van der Waals surface area contributed by atoms with Gasteiger partial charge in [0, 0.05) is 18.2 Å². The van der Waals surface area contributed by atoms with E-state index in [0.29, 0.717) is 24.1 Å². The standard InChI is InChI=1S/C13H13FN6O/c1-21-12-6-11(20-8-15-7-16-20)18-13(19-12)17-10-4-2-9(14)3-5-10/h2,4-9H,3H2,1H3,(H,17,18,19). The molecule has 2 heterocycles. The Morgan fingerprint density at radius 1 is 1.43 bits per heavy atom. The van der Waals surface area contributed by atoms with Gasteiger partial charge in [0.05, 0.1) is 7.11 Å². The molecule has 0 amide bonds. The van der Waals surface area contributed by atoms with E-state index >= 15 is 0 Å². The lowest BCUT2D eigenvalue weighted by molar-refractivity contribution is 0.396. The summed E-state index contributed by atoms with van der Waals surface area (Å²) in [5.41, 5.74) is 0.738. The number of ether oxygens (including phenoxy) is 1. The third-order valence-corrected chi connectivity index (χ3v) is 2.86. The molecule has 1 aliphatic rings. The molecule has 1 N–H and O–H groups in total. The van der Waals surface area contributed by atoms with Gasteiger partial charge in [-0.05, 0) is 12.2 Å². The minimum absolute atomic E-state index is 0.332. The smallest absolute Gasteiger partial charge is 0.232 e. The minimum Gasteiger partial charge on any atom is -0.481 e. The lowest BCUT2D eigenvalue weighted by Crippen LogP contribution is -2.09. The first kappa shape index (κ1) is 13.2. The Hall–Kier alpha value is -2.77. The topological polar surface area (TPSA) is 77.8 Å². The Bertz CT molecular complexity index is 682. The van der Waals surface area contributed by atoms with Crippen LogP contribution in [-0.4, -0.2) is 38.0 Å². The largest absolute Gasteiger partial charge is 0.481 e. The molecule has 1 aliphatic carbocycles. The van der Waals surface area contributed by atoms with Gasteiger partial charge < -0.3 is 10.1 Å². The van der Waals surface area contributed by atoms with E-state index in [2.05, 4.69) is 25.4 Å². The molecule has 3 rings (SSSR count). The fourth-order valence-electron chi connectivity index (χ4n) is 1.83. The molecule has 0 saturated heterocycles. The van der Waals surface area contributed by atoms with Crippen LogP contribution in [0.4, 0.5) is 10.3 Å². The first-order chi connectivity index (χ1) is 10.2. The normalized spacial score (nSPS) is 17.4. The Kier molecular flexibility index (Phi) is 3.59. The van der Waals surface area contributed by atoms with Gasteiger partial charge in [0.1, 0.15) is 18.8 Å². The van der Waals surface area contributed by atoms with Crippen molar-refractivity contribution in [2.24, 2.45) is 0 Å². The molecule has 0 radical (unpaired) electrons. The molecule has 1 atom stereocenters. The van der Waals surface area contributed by atoms with E-state index in [1.54, 1.807) is 18.2 Å². The van der Waals surface area contributed by atoms with Gasteiger partial charge in [-0.15, -0.1) is 0 Å². The zero-order valence-electron chi connectivity index (χ0n) is 11.3. The van der Waals surface area contributed by atoms with Crippen molar-refractivity contribution in [1.29, 1.82) is 0 Å². The number of nitrogens with one attached hydrogen (secondary N) is 1. The molecule has 0 spiro atoms. The van der Waals surface area contributed by atoms with Crippen LogP contribution in [0, 0.1) is 0 Å². The predicted molar refractivity (Wildman–Crippen MR) is 73.9 cm³/mol. The number of rotatable bonds is 4. The predicted octanol–water partition coefficient (Wildman–Crippen LogP) is 1.66. The van der Waals surface area contributed by atoms with Gasteiger partial charge in [0.15, 0.2) is 5.82 Å².